The second-order valence-electron chi connectivity index (χ2n) is 5.16. The Balaban J connectivity index is 2.16. The van der Waals surface area contributed by atoms with Crippen LogP contribution in [-0.4, -0.2) is 47.8 Å². The van der Waals surface area contributed by atoms with Gasteiger partial charge in [0.25, 0.3) is 0 Å². The molecular formula is C16H21NO4. The fraction of sp³-hybridized carbons (Fsp3) is 0.375. The molecular weight excluding hydrogens is 270 g/mol. The van der Waals surface area contributed by atoms with E-state index in [0.717, 1.165) is 22.1 Å². The normalized spacial score (nSPS) is 11.8. The van der Waals surface area contributed by atoms with Gasteiger partial charge in [-0.2, -0.15) is 0 Å². The number of aliphatic hydroxyl groups excluding tert-OH is 3. The number of fused-ring (bicyclic) bond motifs is 1. The zero-order chi connectivity index (χ0) is 15.3. The number of aliphatic hydroxyl groups is 3. The highest BCUT2D eigenvalue weighted by Gasteiger charge is 2.26. The van der Waals surface area contributed by atoms with Gasteiger partial charge in [-0.15, -0.1) is 0 Å². The van der Waals surface area contributed by atoms with E-state index < -0.39 is 5.54 Å². The molecule has 0 saturated heterocycles. The summed E-state index contributed by atoms with van der Waals surface area (Å²) in [5, 5.41) is 33.0. The Morgan fingerprint density at radius 1 is 0.952 bits per heavy atom. The molecule has 0 atom stereocenters. The number of methoxy groups -OCH3 is 1. The maximum Gasteiger partial charge on any atom is 0.119 e. The smallest absolute Gasteiger partial charge is 0.119 e. The molecule has 5 heteroatoms. The van der Waals surface area contributed by atoms with Crippen molar-refractivity contribution in [3.05, 3.63) is 42.0 Å². The van der Waals surface area contributed by atoms with Crippen LogP contribution >= 0.6 is 0 Å². The topological polar surface area (TPSA) is 82.0 Å². The molecule has 0 aliphatic heterocycles. The number of hydrogen-bond acceptors (Lipinski definition) is 5. The highest BCUT2D eigenvalue weighted by atomic mass is 16.5. The van der Waals surface area contributed by atoms with Gasteiger partial charge in [-0.3, -0.25) is 0 Å². The predicted molar refractivity (Wildman–Crippen MR) is 81.3 cm³/mol. The zero-order valence-corrected chi connectivity index (χ0v) is 12.0. The van der Waals surface area contributed by atoms with Crippen LogP contribution in [0.2, 0.25) is 0 Å². The molecule has 2 aromatic carbocycles. The molecule has 0 bridgehead atoms. The van der Waals surface area contributed by atoms with Crippen LogP contribution < -0.4 is 10.1 Å². The van der Waals surface area contributed by atoms with Gasteiger partial charge in [0.1, 0.15) is 5.75 Å². The van der Waals surface area contributed by atoms with Crippen LogP contribution in [0.25, 0.3) is 10.8 Å². The maximum absolute atomic E-state index is 9.29. The van der Waals surface area contributed by atoms with Gasteiger partial charge in [0.2, 0.25) is 0 Å². The number of ether oxygens (including phenoxy) is 1. The molecule has 2 aromatic rings. The third kappa shape index (κ3) is 3.51. The van der Waals surface area contributed by atoms with Crippen molar-refractivity contribution in [1.82, 2.24) is 5.32 Å². The van der Waals surface area contributed by atoms with Gasteiger partial charge < -0.3 is 25.4 Å². The Hall–Kier alpha value is -1.66. The molecule has 21 heavy (non-hydrogen) atoms. The van der Waals surface area contributed by atoms with Crippen molar-refractivity contribution >= 4 is 10.8 Å². The van der Waals surface area contributed by atoms with Crippen LogP contribution in [0.4, 0.5) is 0 Å². The average Bonchev–Trinajstić information content (AvgIpc) is 2.56. The third-order valence-electron chi connectivity index (χ3n) is 3.69. The molecule has 0 aliphatic rings. The Labute approximate surface area is 123 Å². The van der Waals surface area contributed by atoms with Gasteiger partial charge in [0, 0.05) is 6.54 Å². The molecule has 2 rings (SSSR count). The molecule has 0 aromatic heterocycles. The lowest BCUT2D eigenvalue weighted by Crippen LogP contribution is -2.54. The molecule has 0 heterocycles. The van der Waals surface area contributed by atoms with Crippen LogP contribution in [0, 0.1) is 0 Å². The summed E-state index contributed by atoms with van der Waals surface area (Å²) in [6.45, 7) is -0.538. The number of rotatable bonds is 7. The van der Waals surface area contributed by atoms with Crippen molar-refractivity contribution in [2.75, 3.05) is 26.9 Å². The van der Waals surface area contributed by atoms with Crippen LogP contribution in [0.1, 0.15) is 5.56 Å². The highest BCUT2D eigenvalue weighted by Crippen LogP contribution is 2.22. The van der Waals surface area contributed by atoms with Crippen LogP contribution in [0.3, 0.4) is 0 Å². The summed E-state index contributed by atoms with van der Waals surface area (Å²) in [4.78, 5) is 0. The Morgan fingerprint density at radius 2 is 1.57 bits per heavy atom. The predicted octanol–water partition coefficient (Wildman–Crippen LogP) is 0.654. The number of benzene rings is 2. The SMILES string of the molecule is COc1ccc2cc(CNC(CO)(CO)CO)ccc2c1. The molecule has 0 amide bonds. The first-order valence-electron chi connectivity index (χ1n) is 6.80. The van der Waals surface area contributed by atoms with E-state index in [1.165, 1.54) is 0 Å². The van der Waals surface area contributed by atoms with E-state index in [2.05, 4.69) is 5.32 Å². The van der Waals surface area contributed by atoms with Gasteiger partial charge in [-0.25, -0.2) is 0 Å². The van der Waals surface area contributed by atoms with Crippen molar-refractivity contribution in [2.45, 2.75) is 12.1 Å². The van der Waals surface area contributed by atoms with E-state index in [0.29, 0.717) is 6.54 Å². The second-order valence-corrected chi connectivity index (χ2v) is 5.16. The van der Waals surface area contributed by atoms with E-state index in [9.17, 15) is 15.3 Å². The summed E-state index contributed by atoms with van der Waals surface area (Å²) >= 11 is 0. The van der Waals surface area contributed by atoms with E-state index in [4.69, 9.17) is 4.74 Å². The van der Waals surface area contributed by atoms with Crippen LogP contribution in [0.15, 0.2) is 36.4 Å². The van der Waals surface area contributed by atoms with E-state index in [1.54, 1.807) is 7.11 Å². The molecule has 0 unspecified atom stereocenters. The minimum atomic E-state index is -1.06. The highest BCUT2D eigenvalue weighted by molar-refractivity contribution is 5.84. The first kappa shape index (κ1) is 15.7. The van der Waals surface area contributed by atoms with Crippen LogP contribution in [-0.2, 0) is 6.54 Å². The molecule has 0 radical (unpaired) electrons. The molecule has 5 nitrogen and oxygen atoms in total. The summed E-state index contributed by atoms with van der Waals surface area (Å²) in [6, 6.07) is 11.8. The van der Waals surface area contributed by atoms with Gasteiger partial charge >= 0.3 is 0 Å². The van der Waals surface area contributed by atoms with E-state index in [1.807, 2.05) is 36.4 Å². The van der Waals surface area contributed by atoms with Crippen molar-refractivity contribution in [2.24, 2.45) is 0 Å². The van der Waals surface area contributed by atoms with Gasteiger partial charge in [0.15, 0.2) is 0 Å². The monoisotopic (exact) mass is 291 g/mol. The molecule has 0 fully saturated rings. The second kappa shape index (κ2) is 6.87. The largest absolute Gasteiger partial charge is 0.497 e. The Bertz CT molecular complexity index is 588. The molecule has 4 N–H and O–H groups in total. The van der Waals surface area contributed by atoms with Crippen molar-refractivity contribution in [3.8, 4) is 5.75 Å². The number of hydrogen-bond donors (Lipinski definition) is 4. The van der Waals surface area contributed by atoms with Gasteiger partial charge in [0.05, 0.1) is 32.5 Å². The molecule has 0 saturated carbocycles. The third-order valence-corrected chi connectivity index (χ3v) is 3.69. The summed E-state index contributed by atoms with van der Waals surface area (Å²) in [5.74, 6) is 0.813. The quantitative estimate of drug-likeness (QED) is 0.602. The van der Waals surface area contributed by atoms with E-state index in [-0.39, 0.29) is 19.8 Å². The Kier molecular flexibility index (Phi) is 5.14. The molecule has 114 valence electrons. The van der Waals surface area contributed by atoms with Crippen molar-refractivity contribution < 1.29 is 20.1 Å². The first-order valence-corrected chi connectivity index (χ1v) is 6.80. The Morgan fingerprint density at radius 3 is 2.19 bits per heavy atom. The summed E-state index contributed by atoms with van der Waals surface area (Å²) < 4.78 is 5.19. The summed E-state index contributed by atoms with van der Waals surface area (Å²) in [7, 11) is 1.64. The fourth-order valence-corrected chi connectivity index (χ4v) is 2.12. The summed E-state index contributed by atoms with van der Waals surface area (Å²) in [6.07, 6.45) is 0. The summed E-state index contributed by atoms with van der Waals surface area (Å²) in [5.41, 5.74) is -0.0538. The average molecular weight is 291 g/mol. The zero-order valence-electron chi connectivity index (χ0n) is 12.0. The van der Waals surface area contributed by atoms with Crippen molar-refractivity contribution in [3.63, 3.8) is 0 Å². The van der Waals surface area contributed by atoms with Crippen LogP contribution in [0.5, 0.6) is 5.75 Å². The lowest BCUT2D eigenvalue weighted by Gasteiger charge is -2.28. The minimum absolute atomic E-state index is 0.329. The maximum atomic E-state index is 9.29. The lowest BCUT2D eigenvalue weighted by molar-refractivity contribution is 0.0414. The number of nitrogens with one attached hydrogen (secondary N) is 1. The minimum Gasteiger partial charge on any atom is -0.497 e. The lowest BCUT2D eigenvalue weighted by atomic mass is 10.0. The van der Waals surface area contributed by atoms with Crippen molar-refractivity contribution in [1.29, 1.82) is 0 Å². The molecule has 0 aliphatic carbocycles. The molecule has 0 spiro atoms. The van der Waals surface area contributed by atoms with Gasteiger partial charge in [-0.1, -0.05) is 18.2 Å². The fourth-order valence-electron chi connectivity index (χ4n) is 2.12. The van der Waals surface area contributed by atoms with Gasteiger partial charge in [-0.05, 0) is 34.5 Å². The standard InChI is InChI=1S/C16H21NO4/c1-21-15-5-4-13-6-12(2-3-14(13)7-15)8-17-16(9-18,10-19)11-20/h2-7,17-20H,8-11H2,1H3. The van der Waals surface area contributed by atoms with E-state index >= 15 is 0 Å². The first-order chi connectivity index (χ1) is 10.2.